The van der Waals surface area contributed by atoms with Crippen LogP contribution >= 0.6 is 54.1 Å². The summed E-state index contributed by atoms with van der Waals surface area (Å²) in [5.41, 5.74) is 0. The zero-order chi connectivity index (χ0) is 5.98. The molecule has 1 rings (SSSR count). The summed E-state index contributed by atoms with van der Waals surface area (Å²) >= 11 is 7.63. The van der Waals surface area contributed by atoms with Gasteiger partial charge in [0.2, 0.25) is 0 Å². The highest BCUT2D eigenvalue weighted by Gasteiger charge is 1.96. The minimum absolute atomic E-state index is 0.726. The zero-order valence-electron chi connectivity index (χ0n) is 3.54. The van der Waals surface area contributed by atoms with Crippen molar-refractivity contribution in [3.63, 3.8) is 0 Å². The molecule has 1 heterocycles. The fraction of sp³-hybridized carbons (Fsp3) is 0. The average Bonchev–Trinajstić information content (AvgIpc) is 2.14. The van der Waals surface area contributed by atoms with Gasteiger partial charge in [0.1, 0.15) is 0 Å². The Balaban J connectivity index is 2.84. The molecular formula is C2HIN2S3. The third-order valence-corrected chi connectivity index (χ3v) is 4.21. The van der Waals surface area contributed by atoms with Gasteiger partial charge in [-0.3, -0.25) is 0 Å². The molecule has 1 aromatic rings. The second-order valence-electron chi connectivity index (χ2n) is 0.928. The first-order valence-corrected chi connectivity index (χ1v) is 6.26. The summed E-state index contributed by atoms with van der Waals surface area (Å²) in [6.07, 6.45) is 0. The molecule has 0 N–H and O–H groups in total. The van der Waals surface area contributed by atoms with Crippen LogP contribution in [0.1, 0.15) is 0 Å². The van der Waals surface area contributed by atoms with Crippen LogP contribution in [0.3, 0.4) is 0 Å². The predicted octanol–water partition coefficient (Wildman–Crippen LogP) is 2.27. The summed E-state index contributed by atoms with van der Waals surface area (Å²) in [6.45, 7) is 0. The number of thiol groups is 1. The van der Waals surface area contributed by atoms with Gasteiger partial charge in [-0.25, -0.2) is 0 Å². The van der Waals surface area contributed by atoms with Gasteiger partial charge in [0, 0.05) is 21.2 Å². The standard InChI is InChI=1S/C2HIN2S3/c3-8-2-5-4-1(6)7-2/h(H,4,6). The topological polar surface area (TPSA) is 25.8 Å². The first-order chi connectivity index (χ1) is 3.83. The number of halogens is 1. The molecule has 0 amide bonds. The van der Waals surface area contributed by atoms with Crippen LogP contribution in [-0.4, -0.2) is 10.2 Å². The monoisotopic (exact) mass is 276 g/mol. The van der Waals surface area contributed by atoms with E-state index >= 15 is 0 Å². The molecule has 0 spiro atoms. The molecule has 0 aromatic carbocycles. The van der Waals surface area contributed by atoms with Crippen LogP contribution in [0.2, 0.25) is 0 Å². The van der Waals surface area contributed by atoms with Crippen molar-refractivity contribution in [1.82, 2.24) is 10.2 Å². The second kappa shape index (κ2) is 3.23. The van der Waals surface area contributed by atoms with Crippen LogP contribution in [0.15, 0.2) is 8.68 Å². The molecule has 0 saturated carbocycles. The molecule has 0 saturated heterocycles. The molecule has 0 atom stereocenters. The Morgan fingerprint density at radius 1 is 1.62 bits per heavy atom. The lowest BCUT2D eigenvalue weighted by molar-refractivity contribution is 0.960. The first kappa shape index (κ1) is 7.10. The third-order valence-electron chi connectivity index (χ3n) is 0.462. The molecule has 0 bridgehead atoms. The summed E-state index contributed by atoms with van der Waals surface area (Å²) in [6, 6.07) is 0. The van der Waals surface area contributed by atoms with Gasteiger partial charge >= 0.3 is 0 Å². The fourth-order valence-electron chi connectivity index (χ4n) is 0.234. The molecule has 2 nitrogen and oxygen atoms in total. The van der Waals surface area contributed by atoms with Crippen LogP contribution in [0.4, 0.5) is 0 Å². The summed E-state index contributed by atoms with van der Waals surface area (Å²) in [4.78, 5) is 0. The lowest BCUT2D eigenvalue weighted by Crippen LogP contribution is -1.64. The Kier molecular flexibility index (Phi) is 2.87. The minimum Gasteiger partial charge on any atom is -0.131 e. The quantitative estimate of drug-likeness (QED) is 0.629. The van der Waals surface area contributed by atoms with Crippen LogP contribution in [0, 0.1) is 0 Å². The van der Waals surface area contributed by atoms with Gasteiger partial charge in [-0.2, -0.15) is 0 Å². The molecule has 1 aromatic heterocycles. The van der Waals surface area contributed by atoms with Crippen molar-refractivity contribution in [2.75, 3.05) is 0 Å². The Hall–Kier alpha value is 0.990. The van der Waals surface area contributed by atoms with Crippen molar-refractivity contribution >= 4 is 54.1 Å². The number of nitrogens with zero attached hydrogens (tertiary/aromatic N) is 2. The van der Waals surface area contributed by atoms with E-state index in [1.165, 1.54) is 11.3 Å². The van der Waals surface area contributed by atoms with E-state index in [0.717, 1.165) is 8.68 Å². The Morgan fingerprint density at radius 3 is 2.62 bits per heavy atom. The molecule has 0 unspecified atom stereocenters. The van der Waals surface area contributed by atoms with Gasteiger partial charge in [0.05, 0.1) is 0 Å². The SMILES string of the molecule is Sc1nnc(SI)s1. The first-order valence-electron chi connectivity index (χ1n) is 1.64. The van der Waals surface area contributed by atoms with E-state index in [-0.39, 0.29) is 0 Å². The highest BCUT2D eigenvalue weighted by atomic mass is 127. The van der Waals surface area contributed by atoms with E-state index in [9.17, 15) is 0 Å². The van der Waals surface area contributed by atoms with Crippen LogP contribution in [0.25, 0.3) is 0 Å². The van der Waals surface area contributed by atoms with E-state index in [1.807, 2.05) is 0 Å². The number of hydrogen-bond donors (Lipinski definition) is 1. The molecule has 0 radical (unpaired) electrons. The van der Waals surface area contributed by atoms with E-state index < -0.39 is 0 Å². The van der Waals surface area contributed by atoms with Crippen LogP contribution < -0.4 is 0 Å². The highest BCUT2D eigenvalue weighted by molar-refractivity contribution is 14.2. The molecular weight excluding hydrogens is 275 g/mol. The van der Waals surface area contributed by atoms with E-state index in [0.29, 0.717) is 0 Å². The number of rotatable bonds is 1. The largest absolute Gasteiger partial charge is 0.185 e. The Morgan fingerprint density at radius 2 is 2.38 bits per heavy atom. The van der Waals surface area contributed by atoms with Gasteiger partial charge < -0.3 is 0 Å². The smallest absolute Gasteiger partial charge is 0.131 e. The van der Waals surface area contributed by atoms with Gasteiger partial charge in [0.25, 0.3) is 0 Å². The third kappa shape index (κ3) is 1.74. The molecule has 0 aliphatic heterocycles. The van der Waals surface area contributed by atoms with Crippen molar-refractivity contribution < 1.29 is 0 Å². The van der Waals surface area contributed by atoms with Gasteiger partial charge in [-0.05, 0) is 8.93 Å². The van der Waals surface area contributed by atoms with Crippen LogP contribution in [-0.2, 0) is 0 Å². The lowest BCUT2D eigenvalue weighted by Gasteiger charge is -1.72. The molecule has 0 fully saturated rings. The maximum Gasteiger partial charge on any atom is 0.185 e. The van der Waals surface area contributed by atoms with E-state index in [4.69, 9.17) is 0 Å². The number of hydrogen-bond acceptors (Lipinski definition) is 5. The molecule has 0 aliphatic rings. The summed E-state index contributed by atoms with van der Waals surface area (Å²) < 4.78 is 1.68. The Labute approximate surface area is 72.5 Å². The summed E-state index contributed by atoms with van der Waals surface area (Å²) in [5, 5.41) is 7.48. The van der Waals surface area contributed by atoms with Crippen molar-refractivity contribution in [3.8, 4) is 0 Å². The molecule has 8 heavy (non-hydrogen) atoms. The summed E-state index contributed by atoms with van der Waals surface area (Å²) in [5.74, 6) is 0. The van der Waals surface area contributed by atoms with Crippen molar-refractivity contribution in [1.29, 1.82) is 0 Å². The predicted molar refractivity (Wildman–Crippen MR) is 47.0 cm³/mol. The van der Waals surface area contributed by atoms with Gasteiger partial charge in [-0.1, -0.05) is 11.3 Å². The maximum absolute atomic E-state index is 3.99. The lowest BCUT2D eigenvalue weighted by atomic mass is 11.6. The van der Waals surface area contributed by atoms with Gasteiger partial charge in [0.15, 0.2) is 8.68 Å². The average molecular weight is 276 g/mol. The highest BCUT2D eigenvalue weighted by Crippen LogP contribution is 2.28. The number of aromatic nitrogens is 2. The Bertz CT molecular complexity index is 176. The van der Waals surface area contributed by atoms with Crippen molar-refractivity contribution in [2.45, 2.75) is 8.68 Å². The zero-order valence-corrected chi connectivity index (χ0v) is 8.22. The van der Waals surface area contributed by atoms with E-state index in [1.54, 1.807) is 8.93 Å². The minimum atomic E-state index is 0.726. The molecule has 44 valence electrons. The second-order valence-corrected chi connectivity index (χ2v) is 4.75. The van der Waals surface area contributed by atoms with Crippen molar-refractivity contribution in [3.05, 3.63) is 0 Å². The summed E-state index contributed by atoms with van der Waals surface area (Å²) in [7, 11) is 1.56. The normalized spacial score (nSPS) is 9.75. The molecule has 0 aliphatic carbocycles. The maximum atomic E-state index is 3.99. The van der Waals surface area contributed by atoms with Crippen molar-refractivity contribution in [2.24, 2.45) is 0 Å². The fourth-order valence-corrected chi connectivity index (χ4v) is 2.55. The van der Waals surface area contributed by atoms with Crippen LogP contribution in [0.5, 0.6) is 0 Å². The van der Waals surface area contributed by atoms with E-state index in [2.05, 4.69) is 44.0 Å². The molecule has 6 heteroatoms. The van der Waals surface area contributed by atoms with Gasteiger partial charge in [-0.15, -0.1) is 22.8 Å².